The van der Waals surface area contributed by atoms with Crippen molar-refractivity contribution in [2.75, 3.05) is 27.2 Å². The molecule has 1 amide bonds. The number of hydrogen-bond acceptors (Lipinski definition) is 2. The van der Waals surface area contributed by atoms with E-state index in [1.165, 1.54) is 283 Å². The van der Waals surface area contributed by atoms with Crippen molar-refractivity contribution in [1.82, 2.24) is 10.2 Å². The van der Waals surface area contributed by atoms with Gasteiger partial charge in [0.25, 0.3) is 0 Å². The Morgan fingerprint density at radius 3 is 1.03 bits per heavy atom. The Balaban J connectivity index is 4.52. The van der Waals surface area contributed by atoms with Gasteiger partial charge in [-0.2, -0.15) is 0 Å². The van der Waals surface area contributed by atoms with Gasteiger partial charge in [-0.05, 0) is 77.9 Å². The molecule has 0 fully saturated rings. The van der Waals surface area contributed by atoms with Gasteiger partial charge in [0.15, 0.2) is 0 Å². The van der Waals surface area contributed by atoms with E-state index in [1.807, 2.05) is 0 Å². The van der Waals surface area contributed by atoms with E-state index in [-0.39, 0.29) is 5.91 Å². The van der Waals surface area contributed by atoms with Crippen LogP contribution in [0.5, 0.6) is 0 Å². The maximum absolute atomic E-state index is 12.5. The number of nitrogens with zero attached hydrogens (tertiary/aromatic N) is 1. The minimum atomic E-state index is 0.246. The van der Waals surface area contributed by atoms with E-state index >= 15 is 0 Å². The van der Waals surface area contributed by atoms with Crippen molar-refractivity contribution in [1.29, 1.82) is 0 Å². The molecule has 0 rings (SSSR count). The first-order valence-electron chi connectivity index (χ1n) is 29.6. The number of unbranched alkanes of at least 4 members (excludes halogenated alkanes) is 37. The summed E-state index contributed by atoms with van der Waals surface area (Å²) >= 11 is 0. The van der Waals surface area contributed by atoms with Crippen LogP contribution in [0.15, 0.2) is 11.6 Å². The molecule has 0 saturated heterocycles. The average Bonchev–Trinajstić information content (AvgIpc) is 3.27. The maximum atomic E-state index is 12.5. The monoisotopic (exact) mass is 885 g/mol. The van der Waals surface area contributed by atoms with Crippen LogP contribution in [-0.4, -0.2) is 38.0 Å². The lowest BCUT2D eigenvalue weighted by atomic mass is 9.89. The van der Waals surface area contributed by atoms with E-state index in [1.54, 1.807) is 5.57 Å². The number of rotatable bonds is 54. The zero-order chi connectivity index (χ0) is 45.8. The Morgan fingerprint density at radius 2 is 0.698 bits per heavy atom. The lowest BCUT2D eigenvalue weighted by Crippen LogP contribution is -2.24. The number of hydrogen-bond donors (Lipinski definition) is 1. The first kappa shape index (κ1) is 62.2. The summed E-state index contributed by atoms with van der Waals surface area (Å²) < 4.78 is 0. The van der Waals surface area contributed by atoms with Crippen molar-refractivity contribution in [2.45, 2.75) is 335 Å². The largest absolute Gasteiger partial charge is 0.356 e. The Kier molecular flexibility index (Phi) is 53.1. The van der Waals surface area contributed by atoms with Crippen LogP contribution in [0.3, 0.4) is 0 Å². The second-order valence-corrected chi connectivity index (χ2v) is 21.1. The van der Waals surface area contributed by atoms with Crippen LogP contribution in [0, 0.1) is 5.92 Å². The molecule has 0 saturated carbocycles. The maximum Gasteiger partial charge on any atom is 0.220 e. The lowest BCUT2D eigenvalue weighted by molar-refractivity contribution is -0.121. The highest BCUT2D eigenvalue weighted by Crippen LogP contribution is 2.26. The van der Waals surface area contributed by atoms with Gasteiger partial charge in [0, 0.05) is 13.0 Å². The van der Waals surface area contributed by atoms with Gasteiger partial charge >= 0.3 is 0 Å². The van der Waals surface area contributed by atoms with Crippen molar-refractivity contribution >= 4 is 5.91 Å². The summed E-state index contributed by atoms with van der Waals surface area (Å²) in [5, 5.41) is 3.16. The number of allylic oxidation sites excluding steroid dienone is 2. The van der Waals surface area contributed by atoms with Crippen LogP contribution in [0.1, 0.15) is 335 Å². The van der Waals surface area contributed by atoms with Crippen molar-refractivity contribution in [3.05, 3.63) is 11.6 Å². The highest BCUT2D eigenvalue weighted by Gasteiger charge is 2.09. The second-order valence-electron chi connectivity index (χ2n) is 21.1. The van der Waals surface area contributed by atoms with Crippen LogP contribution in [0.2, 0.25) is 0 Å². The predicted octanol–water partition coefficient (Wildman–Crippen LogP) is 20.4. The molecular weight excluding hydrogens is 765 g/mol. The molecule has 0 aliphatic carbocycles. The van der Waals surface area contributed by atoms with Crippen LogP contribution < -0.4 is 5.32 Å². The highest BCUT2D eigenvalue weighted by atomic mass is 16.1. The molecule has 3 heteroatoms. The smallest absolute Gasteiger partial charge is 0.220 e. The Hall–Kier alpha value is -0.830. The molecular formula is C60H120N2O. The van der Waals surface area contributed by atoms with Gasteiger partial charge in [0.1, 0.15) is 0 Å². The molecule has 0 aromatic heterocycles. The lowest BCUT2D eigenvalue weighted by Gasteiger charge is -2.17. The Bertz CT molecular complexity index is 897. The van der Waals surface area contributed by atoms with E-state index in [2.05, 4.69) is 51.2 Å². The van der Waals surface area contributed by atoms with Gasteiger partial charge in [-0.15, -0.1) is 0 Å². The third-order valence-electron chi connectivity index (χ3n) is 14.3. The quantitative estimate of drug-likeness (QED) is 0.0488. The molecule has 3 nitrogen and oxygen atoms in total. The fraction of sp³-hybridized carbons (Fsp3) is 0.950. The van der Waals surface area contributed by atoms with Crippen molar-refractivity contribution < 1.29 is 4.79 Å². The summed E-state index contributed by atoms with van der Waals surface area (Å²) in [5.41, 5.74) is 1.70. The van der Waals surface area contributed by atoms with E-state index in [9.17, 15) is 4.79 Å². The molecule has 1 N–H and O–H groups in total. The molecule has 0 aromatic rings. The van der Waals surface area contributed by atoms with Gasteiger partial charge in [0.2, 0.25) is 5.91 Å². The minimum Gasteiger partial charge on any atom is -0.356 e. The summed E-state index contributed by atoms with van der Waals surface area (Å²) in [6.45, 7) is 8.89. The first-order valence-corrected chi connectivity index (χ1v) is 29.6. The molecule has 1 atom stereocenters. The zero-order valence-electron chi connectivity index (χ0n) is 44.6. The molecule has 0 heterocycles. The molecule has 0 bridgehead atoms. The minimum absolute atomic E-state index is 0.246. The Morgan fingerprint density at radius 1 is 0.381 bits per heavy atom. The van der Waals surface area contributed by atoms with Crippen molar-refractivity contribution in [3.63, 3.8) is 0 Å². The van der Waals surface area contributed by atoms with E-state index in [0.29, 0.717) is 6.42 Å². The van der Waals surface area contributed by atoms with E-state index in [0.717, 1.165) is 44.7 Å². The average molecular weight is 886 g/mol. The van der Waals surface area contributed by atoms with Crippen LogP contribution in [0.4, 0.5) is 0 Å². The fourth-order valence-corrected chi connectivity index (χ4v) is 9.90. The van der Waals surface area contributed by atoms with Crippen molar-refractivity contribution in [2.24, 2.45) is 5.92 Å². The summed E-state index contributed by atoms with van der Waals surface area (Å²) in [7, 11) is 4.24. The topological polar surface area (TPSA) is 32.3 Å². The highest BCUT2D eigenvalue weighted by molar-refractivity contribution is 5.75. The van der Waals surface area contributed by atoms with Gasteiger partial charge in [-0.1, -0.05) is 289 Å². The Labute approximate surface area is 399 Å². The first-order chi connectivity index (χ1) is 31.0. The molecule has 0 aromatic carbocycles. The van der Waals surface area contributed by atoms with Crippen LogP contribution in [0.25, 0.3) is 0 Å². The molecule has 1 unspecified atom stereocenters. The molecule has 63 heavy (non-hydrogen) atoms. The van der Waals surface area contributed by atoms with Gasteiger partial charge in [-0.3, -0.25) is 4.79 Å². The molecule has 0 aliphatic rings. The number of amides is 1. The number of nitrogens with one attached hydrogen (secondary N) is 1. The number of carbonyl (C=O) groups excluding carboxylic acids is 1. The SMILES string of the molecule is CCCCCCCCCCCCCCCCCC/C(=C\CCCC(=O)NCCCCN(C)C)CCCCCCCCC(CCCCCCCCCC)CCCCCCCCCCC. The van der Waals surface area contributed by atoms with E-state index in [4.69, 9.17) is 0 Å². The van der Waals surface area contributed by atoms with Gasteiger partial charge in [-0.25, -0.2) is 0 Å². The molecule has 0 spiro atoms. The van der Waals surface area contributed by atoms with Crippen LogP contribution >= 0.6 is 0 Å². The summed E-state index contributed by atoms with van der Waals surface area (Å²) in [6, 6.07) is 0. The molecule has 376 valence electrons. The summed E-state index contributed by atoms with van der Waals surface area (Å²) in [4.78, 5) is 14.7. The van der Waals surface area contributed by atoms with Gasteiger partial charge in [0.05, 0.1) is 0 Å². The number of carbonyl (C=O) groups is 1. The third-order valence-corrected chi connectivity index (χ3v) is 14.3. The molecule has 0 radical (unpaired) electrons. The predicted molar refractivity (Wildman–Crippen MR) is 286 cm³/mol. The zero-order valence-corrected chi connectivity index (χ0v) is 44.6. The fourth-order valence-electron chi connectivity index (χ4n) is 9.90. The molecule has 0 aliphatic heterocycles. The second kappa shape index (κ2) is 53.8. The van der Waals surface area contributed by atoms with E-state index < -0.39 is 0 Å². The standard InChI is InChI=1S/C60H120N2O/c1-6-9-12-15-18-21-22-23-24-25-26-27-29-32-37-42-52-59(54-45-46-55-60(63)61-56-47-48-57-62(4)5)53-44-39-34-33-38-43-51-58(49-40-35-30-20-17-14-11-8-3)50-41-36-31-28-19-16-13-10-7-2/h54,58H,6-53,55-57H2,1-5H3,(H,61,63)/b59-54+. The summed E-state index contributed by atoms with van der Waals surface area (Å²) in [6.07, 6.45) is 70.8. The van der Waals surface area contributed by atoms with Gasteiger partial charge < -0.3 is 10.2 Å². The summed E-state index contributed by atoms with van der Waals surface area (Å²) in [5.74, 6) is 1.24. The van der Waals surface area contributed by atoms with Crippen molar-refractivity contribution in [3.8, 4) is 0 Å². The normalized spacial score (nSPS) is 12.5. The third kappa shape index (κ3) is 52.0. The van der Waals surface area contributed by atoms with Crippen LogP contribution in [-0.2, 0) is 4.79 Å².